The zero-order valence-corrected chi connectivity index (χ0v) is 13.8. The quantitative estimate of drug-likeness (QED) is 0.896. The molecular weight excluding hydrogens is 331 g/mol. The number of thioether (sulfide) groups is 1. The minimum Gasteiger partial charge on any atom is -0.341 e. The zero-order valence-electron chi connectivity index (χ0n) is 13.0. The van der Waals surface area contributed by atoms with Crippen LogP contribution in [0.3, 0.4) is 0 Å². The van der Waals surface area contributed by atoms with Crippen LogP contribution in [0.4, 0.5) is 10.2 Å². The number of hydrogen-bond acceptors (Lipinski definition) is 4. The van der Waals surface area contributed by atoms with Crippen LogP contribution in [0.2, 0.25) is 0 Å². The Morgan fingerprint density at radius 2 is 2.12 bits per heavy atom. The number of benzene rings is 1. The van der Waals surface area contributed by atoms with E-state index in [4.69, 9.17) is 0 Å². The number of fused-ring (bicyclic) bond motifs is 1. The maximum atomic E-state index is 14.1. The standard InChI is InChI=1S/C16H17FN4O2S/c17-11-2-1-3-12-14(11)15(19-18-12)21-9-10(8-13(21)22)16(23)20-4-6-24-7-5-20/h1-3,10H,4-9H2,(H,18,19). The van der Waals surface area contributed by atoms with E-state index in [-0.39, 0.29) is 36.5 Å². The molecule has 0 saturated carbocycles. The number of nitrogens with one attached hydrogen (secondary N) is 1. The summed E-state index contributed by atoms with van der Waals surface area (Å²) in [5.74, 6) is 1.18. The van der Waals surface area contributed by atoms with Crippen molar-refractivity contribution < 1.29 is 14.0 Å². The maximum Gasteiger partial charge on any atom is 0.229 e. The van der Waals surface area contributed by atoms with E-state index in [0.29, 0.717) is 10.9 Å². The Bertz CT molecular complexity index is 802. The lowest BCUT2D eigenvalue weighted by Gasteiger charge is -2.28. The van der Waals surface area contributed by atoms with Crippen LogP contribution in [-0.2, 0) is 9.59 Å². The Balaban J connectivity index is 1.58. The fourth-order valence-corrected chi connectivity index (χ4v) is 4.23. The summed E-state index contributed by atoms with van der Waals surface area (Å²) in [6, 6.07) is 4.64. The second-order valence-electron chi connectivity index (χ2n) is 6.05. The summed E-state index contributed by atoms with van der Waals surface area (Å²) in [7, 11) is 0. The van der Waals surface area contributed by atoms with Gasteiger partial charge in [-0.25, -0.2) is 4.39 Å². The molecular formula is C16H17FN4O2S. The topological polar surface area (TPSA) is 69.3 Å². The first-order chi connectivity index (χ1) is 11.6. The number of nitrogens with zero attached hydrogens (tertiary/aromatic N) is 3. The highest BCUT2D eigenvalue weighted by molar-refractivity contribution is 7.99. The average molecular weight is 348 g/mol. The van der Waals surface area contributed by atoms with E-state index in [1.807, 2.05) is 16.7 Å². The molecule has 0 aliphatic carbocycles. The van der Waals surface area contributed by atoms with Gasteiger partial charge >= 0.3 is 0 Å². The number of anilines is 1. The molecule has 126 valence electrons. The molecule has 1 aromatic heterocycles. The Hall–Kier alpha value is -2.09. The Labute approximate surface area is 142 Å². The highest BCUT2D eigenvalue weighted by Crippen LogP contribution is 2.32. The van der Waals surface area contributed by atoms with Crippen molar-refractivity contribution in [3.05, 3.63) is 24.0 Å². The van der Waals surface area contributed by atoms with Gasteiger partial charge in [-0.15, -0.1) is 0 Å². The number of carbonyl (C=O) groups excluding carboxylic acids is 2. The van der Waals surface area contributed by atoms with Crippen molar-refractivity contribution in [1.29, 1.82) is 0 Å². The molecule has 2 saturated heterocycles. The summed E-state index contributed by atoms with van der Waals surface area (Å²) in [4.78, 5) is 28.3. The predicted molar refractivity (Wildman–Crippen MR) is 90.4 cm³/mol. The highest BCUT2D eigenvalue weighted by atomic mass is 32.2. The first kappa shape index (κ1) is 15.4. The van der Waals surface area contributed by atoms with Crippen molar-refractivity contribution in [2.75, 3.05) is 36.0 Å². The monoisotopic (exact) mass is 348 g/mol. The molecule has 1 aromatic carbocycles. The third kappa shape index (κ3) is 2.54. The van der Waals surface area contributed by atoms with E-state index in [1.165, 1.54) is 11.0 Å². The first-order valence-electron chi connectivity index (χ1n) is 7.94. The summed E-state index contributed by atoms with van der Waals surface area (Å²) in [5, 5.41) is 7.16. The summed E-state index contributed by atoms with van der Waals surface area (Å²) in [5.41, 5.74) is 0.542. The molecule has 0 spiro atoms. The summed E-state index contributed by atoms with van der Waals surface area (Å²) in [6.45, 7) is 1.72. The molecule has 0 bridgehead atoms. The smallest absolute Gasteiger partial charge is 0.229 e. The number of rotatable bonds is 2. The van der Waals surface area contributed by atoms with Gasteiger partial charge in [-0.2, -0.15) is 16.9 Å². The van der Waals surface area contributed by atoms with E-state index >= 15 is 0 Å². The van der Waals surface area contributed by atoms with E-state index in [1.54, 1.807) is 12.1 Å². The van der Waals surface area contributed by atoms with Crippen LogP contribution in [0.25, 0.3) is 10.9 Å². The molecule has 6 nitrogen and oxygen atoms in total. The van der Waals surface area contributed by atoms with E-state index in [0.717, 1.165) is 24.6 Å². The molecule has 2 amide bonds. The van der Waals surface area contributed by atoms with Crippen molar-refractivity contribution >= 4 is 40.3 Å². The van der Waals surface area contributed by atoms with Crippen LogP contribution in [-0.4, -0.2) is 58.1 Å². The van der Waals surface area contributed by atoms with Gasteiger partial charge < -0.3 is 4.90 Å². The average Bonchev–Trinajstić information content (AvgIpc) is 3.19. The lowest BCUT2D eigenvalue weighted by atomic mass is 10.1. The molecule has 1 atom stereocenters. The molecule has 0 radical (unpaired) electrons. The van der Waals surface area contributed by atoms with E-state index in [2.05, 4.69) is 10.2 Å². The van der Waals surface area contributed by atoms with Crippen molar-refractivity contribution in [1.82, 2.24) is 15.1 Å². The Morgan fingerprint density at radius 1 is 1.33 bits per heavy atom. The maximum absolute atomic E-state index is 14.1. The van der Waals surface area contributed by atoms with Gasteiger partial charge in [0.05, 0.1) is 16.8 Å². The first-order valence-corrected chi connectivity index (χ1v) is 9.10. The predicted octanol–water partition coefficient (Wildman–Crippen LogP) is 1.63. The fourth-order valence-electron chi connectivity index (χ4n) is 3.33. The summed E-state index contributed by atoms with van der Waals surface area (Å²) < 4.78 is 14.1. The second-order valence-corrected chi connectivity index (χ2v) is 7.28. The van der Waals surface area contributed by atoms with Crippen LogP contribution >= 0.6 is 11.8 Å². The van der Waals surface area contributed by atoms with Crippen LogP contribution in [0.5, 0.6) is 0 Å². The number of H-pyrrole nitrogens is 1. The van der Waals surface area contributed by atoms with E-state index < -0.39 is 5.82 Å². The van der Waals surface area contributed by atoms with Crippen LogP contribution in [0, 0.1) is 11.7 Å². The van der Waals surface area contributed by atoms with Gasteiger partial charge in [0.2, 0.25) is 11.8 Å². The lowest BCUT2D eigenvalue weighted by molar-refractivity contribution is -0.135. The Kier molecular flexibility index (Phi) is 3.91. The number of hydrogen-bond donors (Lipinski definition) is 1. The fraction of sp³-hybridized carbons (Fsp3) is 0.438. The van der Waals surface area contributed by atoms with Crippen molar-refractivity contribution in [2.24, 2.45) is 5.92 Å². The third-order valence-electron chi connectivity index (χ3n) is 4.57. The Morgan fingerprint density at radius 3 is 2.92 bits per heavy atom. The van der Waals surface area contributed by atoms with Gasteiger partial charge in [-0.05, 0) is 12.1 Å². The molecule has 2 fully saturated rings. The third-order valence-corrected chi connectivity index (χ3v) is 5.51. The van der Waals surface area contributed by atoms with Crippen LogP contribution < -0.4 is 4.90 Å². The van der Waals surface area contributed by atoms with Crippen molar-refractivity contribution in [3.8, 4) is 0 Å². The van der Waals surface area contributed by atoms with Gasteiger partial charge in [-0.1, -0.05) is 6.07 Å². The van der Waals surface area contributed by atoms with Gasteiger partial charge in [0.25, 0.3) is 0 Å². The minimum absolute atomic E-state index is 0.0199. The van der Waals surface area contributed by atoms with E-state index in [9.17, 15) is 14.0 Å². The zero-order chi connectivity index (χ0) is 16.7. The second kappa shape index (κ2) is 6.08. The summed E-state index contributed by atoms with van der Waals surface area (Å²) >= 11 is 1.83. The molecule has 1 unspecified atom stereocenters. The van der Waals surface area contributed by atoms with Crippen LogP contribution in [0.1, 0.15) is 6.42 Å². The number of carbonyl (C=O) groups is 2. The minimum atomic E-state index is -0.424. The number of aromatic nitrogens is 2. The van der Waals surface area contributed by atoms with Gasteiger partial charge in [-0.3, -0.25) is 19.6 Å². The van der Waals surface area contributed by atoms with Crippen molar-refractivity contribution in [2.45, 2.75) is 6.42 Å². The molecule has 1 N–H and O–H groups in total. The van der Waals surface area contributed by atoms with Crippen LogP contribution in [0.15, 0.2) is 18.2 Å². The molecule has 4 rings (SSSR count). The molecule has 8 heteroatoms. The molecule has 3 heterocycles. The number of aromatic amines is 1. The molecule has 2 aliphatic rings. The summed E-state index contributed by atoms with van der Waals surface area (Å²) in [6.07, 6.45) is 0.158. The number of amides is 2. The van der Waals surface area contributed by atoms with Gasteiger partial charge in [0.1, 0.15) is 5.82 Å². The molecule has 24 heavy (non-hydrogen) atoms. The van der Waals surface area contributed by atoms with Gasteiger partial charge in [0, 0.05) is 37.6 Å². The lowest BCUT2D eigenvalue weighted by Crippen LogP contribution is -2.42. The van der Waals surface area contributed by atoms with Crippen molar-refractivity contribution in [3.63, 3.8) is 0 Å². The number of halogens is 1. The normalized spacial score (nSPS) is 21.7. The highest BCUT2D eigenvalue weighted by Gasteiger charge is 2.39. The SMILES string of the molecule is O=C(C1CC(=O)N(c2n[nH]c3cccc(F)c23)C1)N1CCSCC1. The molecule has 2 aromatic rings. The molecule has 2 aliphatic heterocycles. The van der Waals surface area contributed by atoms with Gasteiger partial charge in [0.15, 0.2) is 5.82 Å². The largest absolute Gasteiger partial charge is 0.341 e.